The highest BCUT2D eigenvalue weighted by molar-refractivity contribution is 5.07. The van der Waals surface area contributed by atoms with Crippen molar-refractivity contribution < 1.29 is 9.47 Å². The van der Waals surface area contributed by atoms with Gasteiger partial charge in [0.05, 0.1) is 19.8 Å². The molecule has 1 aromatic heterocycles. The van der Waals surface area contributed by atoms with E-state index in [1.807, 2.05) is 0 Å². The van der Waals surface area contributed by atoms with Crippen molar-refractivity contribution in [2.45, 2.75) is 12.5 Å². The van der Waals surface area contributed by atoms with Crippen LogP contribution in [0.2, 0.25) is 0 Å². The van der Waals surface area contributed by atoms with E-state index in [0.29, 0.717) is 32.2 Å². The lowest BCUT2D eigenvalue weighted by atomic mass is 10.2. The molecule has 1 aromatic rings. The molecule has 0 radical (unpaired) electrons. The third-order valence-electron chi connectivity index (χ3n) is 2.26. The van der Waals surface area contributed by atoms with Gasteiger partial charge in [-0.3, -0.25) is 0 Å². The molecule has 5 nitrogen and oxygen atoms in total. The minimum absolute atomic E-state index is 0.120. The van der Waals surface area contributed by atoms with Crippen LogP contribution in [0.3, 0.4) is 0 Å². The summed E-state index contributed by atoms with van der Waals surface area (Å²) in [6.45, 7) is 2.42. The minimum Gasteiger partial charge on any atom is -0.376 e. The van der Waals surface area contributed by atoms with Crippen LogP contribution in [0.4, 0.5) is 0 Å². The SMILES string of the molecule is NCCc1cnc(C2COCCO2)nc1. The predicted molar refractivity (Wildman–Crippen MR) is 54.3 cm³/mol. The Morgan fingerprint density at radius 1 is 1.33 bits per heavy atom. The Hall–Kier alpha value is -1.04. The molecule has 0 aromatic carbocycles. The maximum absolute atomic E-state index is 5.49. The lowest BCUT2D eigenvalue weighted by Crippen LogP contribution is -2.23. The maximum Gasteiger partial charge on any atom is 0.159 e. The second kappa shape index (κ2) is 5.16. The quantitative estimate of drug-likeness (QED) is 0.762. The van der Waals surface area contributed by atoms with Crippen molar-refractivity contribution in [1.29, 1.82) is 0 Å². The van der Waals surface area contributed by atoms with Gasteiger partial charge < -0.3 is 15.2 Å². The average molecular weight is 209 g/mol. The Morgan fingerprint density at radius 3 is 2.73 bits per heavy atom. The highest BCUT2D eigenvalue weighted by Gasteiger charge is 2.18. The number of aromatic nitrogens is 2. The molecular formula is C10H15N3O2. The van der Waals surface area contributed by atoms with E-state index >= 15 is 0 Å². The third kappa shape index (κ3) is 2.71. The molecule has 1 fully saturated rings. The molecule has 1 saturated heterocycles. The van der Waals surface area contributed by atoms with Crippen molar-refractivity contribution in [3.8, 4) is 0 Å². The van der Waals surface area contributed by atoms with E-state index in [4.69, 9.17) is 15.2 Å². The van der Waals surface area contributed by atoms with E-state index in [1.54, 1.807) is 12.4 Å². The largest absolute Gasteiger partial charge is 0.376 e. The fourth-order valence-corrected chi connectivity index (χ4v) is 1.46. The molecule has 2 heterocycles. The summed E-state index contributed by atoms with van der Waals surface area (Å²) >= 11 is 0. The second-order valence-corrected chi connectivity index (χ2v) is 3.42. The summed E-state index contributed by atoms with van der Waals surface area (Å²) in [5.74, 6) is 0.690. The van der Waals surface area contributed by atoms with Crippen molar-refractivity contribution in [2.24, 2.45) is 5.73 Å². The minimum atomic E-state index is -0.120. The van der Waals surface area contributed by atoms with E-state index in [2.05, 4.69) is 9.97 Å². The van der Waals surface area contributed by atoms with Gasteiger partial charge in [-0.25, -0.2) is 9.97 Å². The molecule has 2 N–H and O–H groups in total. The van der Waals surface area contributed by atoms with E-state index in [0.717, 1.165) is 12.0 Å². The summed E-state index contributed by atoms with van der Waals surface area (Å²) in [6.07, 6.45) is 4.29. The normalized spacial score (nSPS) is 21.5. The number of rotatable bonds is 3. The number of nitrogens with two attached hydrogens (primary N) is 1. The van der Waals surface area contributed by atoms with Gasteiger partial charge in [-0.05, 0) is 18.5 Å². The van der Waals surface area contributed by atoms with Crippen LogP contribution in [0, 0.1) is 0 Å². The first-order chi connectivity index (χ1) is 7.40. The van der Waals surface area contributed by atoms with Crippen LogP contribution in [0.15, 0.2) is 12.4 Å². The molecule has 82 valence electrons. The Morgan fingerprint density at radius 2 is 2.13 bits per heavy atom. The molecule has 2 rings (SSSR count). The van der Waals surface area contributed by atoms with E-state index in [-0.39, 0.29) is 6.10 Å². The molecular weight excluding hydrogens is 194 g/mol. The number of hydrogen-bond donors (Lipinski definition) is 1. The van der Waals surface area contributed by atoms with E-state index < -0.39 is 0 Å². The molecule has 0 aliphatic carbocycles. The smallest absolute Gasteiger partial charge is 0.159 e. The Balaban J connectivity index is 2.02. The molecule has 1 unspecified atom stereocenters. The van der Waals surface area contributed by atoms with Gasteiger partial charge in [-0.2, -0.15) is 0 Å². The van der Waals surface area contributed by atoms with Crippen LogP contribution in [0.5, 0.6) is 0 Å². The first kappa shape index (κ1) is 10.5. The topological polar surface area (TPSA) is 70.3 Å². The molecule has 1 atom stereocenters. The third-order valence-corrected chi connectivity index (χ3v) is 2.26. The van der Waals surface area contributed by atoms with E-state index in [1.165, 1.54) is 0 Å². The molecule has 0 saturated carbocycles. The van der Waals surface area contributed by atoms with Crippen LogP contribution < -0.4 is 5.73 Å². The van der Waals surface area contributed by atoms with E-state index in [9.17, 15) is 0 Å². The van der Waals surface area contributed by atoms with Crippen LogP contribution in [0.1, 0.15) is 17.5 Å². The van der Waals surface area contributed by atoms with Crippen molar-refractivity contribution in [2.75, 3.05) is 26.4 Å². The van der Waals surface area contributed by atoms with Crippen molar-refractivity contribution in [1.82, 2.24) is 9.97 Å². The molecule has 5 heteroatoms. The summed E-state index contributed by atoms with van der Waals surface area (Å²) in [4.78, 5) is 8.50. The zero-order chi connectivity index (χ0) is 10.5. The van der Waals surface area contributed by atoms with Gasteiger partial charge in [-0.15, -0.1) is 0 Å². The second-order valence-electron chi connectivity index (χ2n) is 3.42. The summed E-state index contributed by atoms with van der Waals surface area (Å²) in [6, 6.07) is 0. The predicted octanol–water partition coefficient (Wildman–Crippen LogP) is 0.0657. The first-order valence-electron chi connectivity index (χ1n) is 5.10. The van der Waals surface area contributed by atoms with Gasteiger partial charge in [-0.1, -0.05) is 0 Å². The van der Waals surface area contributed by atoms with Gasteiger partial charge in [0.2, 0.25) is 0 Å². The van der Waals surface area contributed by atoms with Gasteiger partial charge in [0.25, 0.3) is 0 Å². The Labute approximate surface area is 88.6 Å². The lowest BCUT2D eigenvalue weighted by molar-refractivity contribution is -0.0935. The van der Waals surface area contributed by atoms with Gasteiger partial charge in [0, 0.05) is 12.4 Å². The maximum atomic E-state index is 5.49. The monoisotopic (exact) mass is 209 g/mol. The van der Waals surface area contributed by atoms with Crippen LogP contribution in [0.25, 0.3) is 0 Å². The molecule has 1 aliphatic rings. The summed E-state index contributed by atoms with van der Waals surface area (Å²) in [7, 11) is 0. The molecule has 0 amide bonds. The molecule has 1 aliphatic heterocycles. The highest BCUT2D eigenvalue weighted by Crippen LogP contribution is 2.16. The Kier molecular flexibility index (Phi) is 3.60. The average Bonchev–Trinajstić information content (AvgIpc) is 2.32. The van der Waals surface area contributed by atoms with Crippen molar-refractivity contribution >= 4 is 0 Å². The number of hydrogen-bond acceptors (Lipinski definition) is 5. The summed E-state index contributed by atoms with van der Waals surface area (Å²) < 4.78 is 10.8. The fourth-order valence-electron chi connectivity index (χ4n) is 1.46. The zero-order valence-corrected chi connectivity index (χ0v) is 8.56. The van der Waals surface area contributed by atoms with Crippen LogP contribution >= 0.6 is 0 Å². The van der Waals surface area contributed by atoms with Gasteiger partial charge >= 0.3 is 0 Å². The van der Waals surface area contributed by atoms with Crippen molar-refractivity contribution in [3.63, 3.8) is 0 Å². The standard InChI is InChI=1S/C10H15N3O2/c11-2-1-8-5-12-10(13-6-8)9-7-14-3-4-15-9/h5-6,9H,1-4,7,11H2. The summed E-state index contributed by atoms with van der Waals surface area (Å²) in [5, 5.41) is 0. The molecule has 15 heavy (non-hydrogen) atoms. The lowest BCUT2D eigenvalue weighted by Gasteiger charge is -2.21. The van der Waals surface area contributed by atoms with Crippen molar-refractivity contribution in [3.05, 3.63) is 23.8 Å². The molecule has 0 spiro atoms. The first-order valence-corrected chi connectivity index (χ1v) is 5.10. The van der Waals surface area contributed by atoms with Crippen LogP contribution in [-0.2, 0) is 15.9 Å². The van der Waals surface area contributed by atoms with Gasteiger partial charge in [0.1, 0.15) is 6.10 Å². The Bertz CT molecular complexity index is 296. The fraction of sp³-hybridized carbons (Fsp3) is 0.600. The number of ether oxygens (including phenoxy) is 2. The highest BCUT2D eigenvalue weighted by atomic mass is 16.6. The summed E-state index contributed by atoms with van der Waals surface area (Å²) in [5.41, 5.74) is 6.49. The zero-order valence-electron chi connectivity index (χ0n) is 8.56. The molecule has 0 bridgehead atoms. The van der Waals surface area contributed by atoms with Crippen LogP contribution in [-0.4, -0.2) is 36.3 Å². The van der Waals surface area contributed by atoms with Gasteiger partial charge in [0.15, 0.2) is 5.82 Å². The number of nitrogens with zero attached hydrogens (tertiary/aromatic N) is 2.